The number of aliphatic hydroxyl groups excluding tert-OH is 1. The number of aliphatic hydroxyl groups is 1. The number of halogens is 3. The molecule has 4 rings (SSSR count). The summed E-state index contributed by atoms with van der Waals surface area (Å²) in [4.78, 5) is 15.3. The van der Waals surface area contributed by atoms with Crippen LogP contribution in [-0.2, 0) is 6.61 Å². The number of hydrogen-bond donors (Lipinski definition) is 2. The van der Waals surface area contributed by atoms with Crippen molar-refractivity contribution in [3.05, 3.63) is 71.9 Å². The molecule has 32 heavy (non-hydrogen) atoms. The Bertz CT molecular complexity index is 1250. The van der Waals surface area contributed by atoms with Crippen molar-refractivity contribution >= 4 is 17.6 Å². The predicted octanol–water partition coefficient (Wildman–Crippen LogP) is 4.73. The number of carbonyl (C=O) groups is 1. The van der Waals surface area contributed by atoms with Crippen LogP contribution in [0, 0.1) is 0 Å². The molecule has 0 unspecified atom stereocenters. The van der Waals surface area contributed by atoms with Gasteiger partial charge in [-0.1, -0.05) is 48.5 Å². The van der Waals surface area contributed by atoms with Crippen LogP contribution in [0.15, 0.2) is 60.8 Å². The smallest absolute Gasteiger partial charge is 0.390 e. The van der Waals surface area contributed by atoms with Gasteiger partial charge in [-0.05, 0) is 11.6 Å². The molecule has 0 radical (unpaired) electrons. The van der Waals surface area contributed by atoms with Gasteiger partial charge in [-0.25, -0.2) is 9.50 Å². The Balaban J connectivity index is 1.85. The van der Waals surface area contributed by atoms with Crippen molar-refractivity contribution in [2.24, 2.45) is 0 Å². The number of nitrogens with zero attached hydrogens (tertiary/aromatic N) is 3. The van der Waals surface area contributed by atoms with E-state index in [0.29, 0.717) is 39.4 Å². The van der Waals surface area contributed by atoms with Gasteiger partial charge in [-0.3, -0.25) is 4.79 Å². The van der Waals surface area contributed by atoms with Crippen LogP contribution in [0.4, 0.5) is 18.9 Å². The van der Waals surface area contributed by atoms with Gasteiger partial charge in [0.1, 0.15) is 6.29 Å². The van der Waals surface area contributed by atoms with Crippen LogP contribution in [0.1, 0.15) is 22.3 Å². The lowest BCUT2D eigenvalue weighted by atomic mass is 10.0. The number of imidazole rings is 1. The molecule has 0 amide bonds. The number of hydrogen-bond acceptors (Lipinski definition) is 5. The van der Waals surface area contributed by atoms with Gasteiger partial charge in [0, 0.05) is 23.2 Å². The maximum Gasteiger partial charge on any atom is 0.390 e. The van der Waals surface area contributed by atoms with Crippen LogP contribution in [-0.4, -0.2) is 38.7 Å². The molecule has 4 aromatic rings. The van der Waals surface area contributed by atoms with Crippen LogP contribution in [0.5, 0.6) is 0 Å². The molecule has 0 saturated carbocycles. The number of fused-ring (bicyclic) bond motifs is 1. The average molecular weight is 440 g/mol. The number of aldehydes is 1. The standard InChI is InChI=1S/C23H19F3N4O2/c24-23(25,26)9-10-27-20-11-19(18-4-2-1-3-17(18)14-32)29-30-21(12-28-22(20)30)16-7-5-15(13-31)6-8-16/h1-8,11-13,27,32H,9-10,14H2. The van der Waals surface area contributed by atoms with Crippen LogP contribution < -0.4 is 5.32 Å². The zero-order chi connectivity index (χ0) is 22.7. The van der Waals surface area contributed by atoms with Crippen molar-refractivity contribution in [3.63, 3.8) is 0 Å². The van der Waals surface area contributed by atoms with Crippen LogP contribution in [0.3, 0.4) is 0 Å². The minimum atomic E-state index is -4.29. The summed E-state index contributed by atoms with van der Waals surface area (Å²) in [6.45, 7) is -0.531. The van der Waals surface area contributed by atoms with Gasteiger partial charge in [0.15, 0.2) is 5.65 Å². The molecular formula is C23H19F3N4O2. The summed E-state index contributed by atoms with van der Waals surface area (Å²) in [6, 6.07) is 15.6. The first-order valence-corrected chi connectivity index (χ1v) is 9.84. The first-order valence-electron chi connectivity index (χ1n) is 9.84. The molecule has 2 aromatic heterocycles. The lowest BCUT2D eigenvalue weighted by Crippen LogP contribution is -2.15. The van der Waals surface area contributed by atoms with Crippen molar-refractivity contribution in [1.29, 1.82) is 0 Å². The highest BCUT2D eigenvalue weighted by Gasteiger charge is 2.26. The fraction of sp³-hybridized carbons (Fsp3) is 0.174. The number of rotatable bonds is 7. The number of alkyl halides is 3. The van der Waals surface area contributed by atoms with Gasteiger partial charge < -0.3 is 10.4 Å². The summed E-state index contributed by atoms with van der Waals surface area (Å²) >= 11 is 0. The van der Waals surface area contributed by atoms with E-state index in [4.69, 9.17) is 0 Å². The maximum atomic E-state index is 12.7. The second-order valence-electron chi connectivity index (χ2n) is 7.17. The summed E-state index contributed by atoms with van der Waals surface area (Å²) in [7, 11) is 0. The quantitative estimate of drug-likeness (QED) is 0.406. The van der Waals surface area contributed by atoms with E-state index in [9.17, 15) is 23.1 Å². The monoisotopic (exact) mass is 440 g/mol. The topological polar surface area (TPSA) is 79.5 Å². The molecule has 6 nitrogen and oxygen atoms in total. The first kappa shape index (κ1) is 21.5. The highest BCUT2D eigenvalue weighted by atomic mass is 19.4. The Morgan fingerprint density at radius 1 is 1.09 bits per heavy atom. The summed E-state index contributed by atoms with van der Waals surface area (Å²) in [5.74, 6) is 0. The molecule has 2 heterocycles. The SMILES string of the molecule is O=Cc1ccc(-c2cnc3c(NCCC(F)(F)F)cc(-c4ccccc4CO)nn23)cc1. The molecule has 0 aliphatic rings. The minimum Gasteiger partial charge on any atom is -0.392 e. The highest BCUT2D eigenvalue weighted by Crippen LogP contribution is 2.30. The Kier molecular flexibility index (Phi) is 5.91. The lowest BCUT2D eigenvalue weighted by molar-refractivity contribution is -0.131. The molecule has 9 heteroatoms. The zero-order valence-electron chi connectivity index (χ0n) is 16.8. The Labute approximate surface area is 181 Å². The van der Waals surface area contributed by atoms with Gasteiger partial charge in [-0.15, -0.1) is 0 Å². The number of aromatic nitrogens is 3. The molecule has 0 atom stereocenters. The van der Waals surface area contributed by atoms with Crippen LogP contribution in [0.25, 0.3) is 28.2 Å². The third-order valence-corrected chi connectivity index (χ3v) is 5.00. The van der Waals surface area contributed by atoms with E-state index in [1.54, 1.807) is 65.3 Å². The molecule has 0 fully saturated rings. The maximum absolute atomic E-state index is 12.7. The lowest BCUT2D eigenvalue weighted by Gasteiger charge is -2.13. The summed E-state index contributed by atoms with van der Waals surface area (Å²) < 4.78 is 39.6. The summed E-state index contributed by atoms with van der Waals surface area (Å²) in [5.41, 5.74) is 4.39. The molecule has 2 N–H and O–H groups in total. The third-order valence-electron chi connectivity index (χ3n) is 5.00. The van der Waals surface area contributed by atoms with Gasteiger partial charge in [0.25, 0.3) is 0 Å². The van der Waals surface area contributed by atoms with Crippen molar-refractivity contribution < 1.29 is 23.1 Å². The van der Waals surface area contributed by atoms with Crippen molar-refractivity contribution in [2.75, 3.05) is 11.9 Å². The van der Waals surface area contributed by atoms with Gasteiger partial charge in [0.2, 0.25) is 0 Å². The zero-order valence-corrected chi connectivity index (χ0v) is 16.8. The van der Waals surface area contributed by atoms with E-state index in [2.05, 4.69) is 15.4 Å². The first-order chi connectivity index (χ1) is 15.4. The molecule has 0 saturated heterocycles. The van der Waals surface area contributed by atoms with Crippen LogP contribution >= 0.6 is 0 Å². The molecule has 0 spiro atoms. The number of carbonyl (C=O) groups excluding carboxylic acids is 1. The molecule has 0 aliphatic heterocycles. The van der Waals surface area contributed by atoms with E-state index in [1.807, 2.05) is 0 Å². The van der Waals surface area contributed by atoms with Gasteiger partial charge >= 0.3 is 6.18 Å². The van der Waals surface area contributed by atoms with Crippen molar-refractivity contribution in [3.8, 4) is 22.5 Å². The molecule has 2 aromatic carbocycles. The second kappa shape index (κ2) is 8.80. The van der Waals surface area contributed by atoms with E-state index >= 15 is 0 Å². The predicted molar refractivity (Wildman–Crippen MR) is 114 cm³/mol. The number of benzene rings is 2. The third kappa shape index (κ3) is 4.47. The Morgan fingerprint density at radius 2 is 1.84 bits per heavy atom. The van der Waals surface area contributed by atoms with E-state index in [-0.39, 0.29) is 13.2 Å². The van der Waals surface area contributed by atoms with Gasteiger partial charge in [0.05, 0.1) is 36.3 Å². The average Bonchev–Trinajstić information content (AvgIpc) is 3.22. The second-order valence-corrected chi connectivity index (χ2v) is 7.17. The fourth-order valence-electron chi connectivity index (χ4n) is 3.41. The van der Waals surface area contributed by atoms with E-state index < -0.39 is 12.6 Å². The Morgan fingerprint density at radius 3 is 2.53 bits per heavy atom. The summed E-state index contributed by atoms with van der Waals surface area (Å²) in [5, 5.41) is 17.2. The largest absolute Gasteiger partial charge is 0.392 e. The molecule has 0 bridgehead atoms. The molecule has 0 aliphatic carbocycles. The summed E-state index contributed by atoms with van der Waals surface area (Å²) in [6.07, 6.45) is -2.97. The molecular weight excluding hydrogens is 421 g/mol. The number of anilines is 1. The van der Waals surface area contributed by atoms with Crippen molar-refractivity contribution in [2.45, 2.75) is 19.2 Å². The van der Waals surface area contributed by atoms with Crippen molar-refractivity contribution in [1.82, 2.24) is 14.6 Å². The van der Waals surface area contributed by atoms with Crippen LogP contribution in [0.2, 0.25) is 0 Å². The normalized spacial score (nSPS) is 11.6. The Hall–Kier alpha value is -3.72. The fourth-order valence-corrected chi connectivity index (χ4v) is 3.41. The highest BCUT2D eigenvalue weighted by molar-refractivity contribution is 5.79. The van der Waals surface area contributed by atoms with E-state index in [1.165, 1.54) is 0 Å². The van der Waals surface area contributed by atoms with Gasteiger partial charge in [-0.2, -0.15) is 18.3 Å². The minimum absolute atomic E-state index is 0.212. The molecule has 164 valence electrons. The van der Waals surface area contributed by atoms with E-state index in [0.717, 1.165) is 11.8 Å². The number of nitrogens with one attached hydrogen (secondary N) is 1.